The Morgan fingerprint density at radius 2 is 1.06 bits per heavy atom. The van der Waals surface area contributed by atoms with Gasteiger partial charge in [0.05, 0.1) is 91.1 Å². The van der Waals surface area contributed by atoms with Crippen LogP contribution in [0.3, 0.4) is 0 Å². The minimum Gasteiger partial charge on any atom is -0.457 e. The van der Waals surface area contributed by atoms with E-state index < -0.39 is 5.41 Å². The minimum absolute atomic E-state index is 0.552. The number of benzene rings is 8. The van der Waals surface area contributed by atoms with Gasteiger partial charge >= 0.3 is 0 Å². The summed E-state index contributed by atoms with van der Waals surface area (Å²) in [7, 11) is 0. The maximum atomic E-state index is 9.97. The fourth-order valence-corrected chi connectivity index (χ4v) is 12.8. The fraction of sp³-hybridized carbons (Fsp3) is 0.0164. The predicted octanol–water partition coefficient (Wildman–Crippen LogP) is 14.8. The molecule has 2 aliphatic heterocycles. The largest absolute Gasteiger partial charge is 0.457 e. The second-order valence-corrected chi connectivity index (χ2v) is 19.0. The highest BCUT2D eigenvalue weighted by Gasteiger charge is 2.55. The lowest BCUT2D eigenvalue weighted by molar-refractivity contribution is 0.436. The van der Waals surface area contributed by atoms with Crippen LogP contribution in [0.1, 0.15) is 33.4 Å². The minimum atomic E-state index is -0.989. The van der Waals surface area contributed by atoms with E-state index in [1.54, 1.807) is 11.8 Å². The number of nitriles is 2. The molecule has 0 fully saturated rings. The van der Waals surface area contributed by atoms with Crippen molar-refractivity contribution in [2.45, 2.75) is 15.2 Å². The quantitative estimate of drug-likeness (QED) is 0.174. The molecule has 12 aromatic rings. The van der Waals surface area contributed by atoms with Crippen LogP contribution in [0.25, 0.3) is 66.4 Å². The maximum Gasteiger partial charge on any atom is 0.134 e. The topological polar surface area (TPSA) is 95.7 Å². The molecular formula is C61H33N7OS. The van der Waals surface area contributed by atoms with Crippen LogP contribution in [-0.2, 0) is 5.41 Å². The van der Waals surface area contributed by atoms with Gasteiger partial charge in [0.1, 0.15) is 11.5 Å². The summed E-state index contributed by atoms with van der Waals surface area (Å²) in [6, 6.07) is 70.1. The lowest BCUT2D eigenvalue weighted by atomic mass is 9.65. The summed E-state index contributed by atoms with van der Waals surface area (Å²) >= 11 is 1.79. The molecule has 4 aromatic heterocycles. The molecule has 15 rings (SSSR count). The number of fused-ring (bicyclic) bond motifs is 17. The fourth-order valence-electron chi connectivity index (χ4n) is 11.7. The summed E-state index contributed by atoms with van der Waals surface area (Å²) in [6.07, 6.45) is 3.86. The van der Waals surface area contributed by atoms with Crippen LogP contribution in [0.5, 0.6) is 11.5 Å². The summed E-state index contributed by atoms with van der Waals surface area (Å²) in [5.74, 6) is 1.42. The third-order valence-electron chi connectivity index (χ3n) is 14.5. The average Bonchev–Trinajstić information content (AvgIpc) is 4.03. The SMILES string of the molecule is N#Cc1ccc2c(c1)c1cc(C#N)ccc1n2-c1ccc2c(c1)Oc1cccc(N3c4ccccc4Sc4ccccc43)c1C21c2cccnc2-c2ncc(-n3c4ccccc4c4ccccc43)cc21. The van der Waals surface area contributed by atoms with Gasteiger partial charge in [0.2, 0.25) is 0 Å². The van der Waals surface area contributed by atoms with Gasteiger partial charge in [-0.3, -0.25) is 9.97 Å². The lowest BCUT2D eigenvalue weighted by Crippen LogP contribution is -2.34. The Morgan fingerprint density at radius 1 is 0.457 bits per heavy atom. The van der Waals surface area contributed by atoms with Crippen LogP contribution in [-0.4, -0.2) is 19.1 Å². The molecule has 9 heteroatoms. The molecule has 3 aliphatic rings. The molecule has 0 amide bonds. The van der Waals surface area contributed by atoms with Crippen LogP contribution in [0.4, 0.5) is 17.1 Å². The molecule has 1 unspecified atom stereocenters. The molecule has 8 aromatic carbocycles. The van der Waals surface area contributed by atoms with E-state index in [-0.39, 0.29) is 0 Å². The second kappa shape index (κ2) is 14.3. The molecule has 0 N–H and O–H groups in total. The molecular weight excluding hydrogens is 879 g/mol. The Kier molecular flexibility index (Phi) is 7.90. The molecule has 1 atom stereocenters. The lowest BCUT2D eigenvalue weighted by Gasteiger charge is -2.43. The summed E-state index contributed by atoms with van der Waals surface area (Å²) in [5.41, 5.74) is 14.7. The van der Waals surface area contributed by atoms with Crippen molar-refractivity contribution in [3.8, 4) is 46.4 Å². The Hall–Kier alpha value is -9.41. The summed E-state index contributed by atoms with van der Waals surface area (Å²) in [5, 5.41) is 24.1. The van der Waals surface area contributed by atoms with E-state index >= 15 is 0 Å². The maximum absolute atomic E-state index is 9.97. The second-order valence-electron chi connectivity index (χ2n) is 17.9. The molecule has 0 saturated carbocycles. The zero-order chi connectivity index (χ0) is 46.2. The Balaban J connectivity index is 1.06. The third-order valence-corrected chi connectivity index (χ3v) is 15.6. The van der Waals surface area contributed by atoms with Crippen molar-refractivity contribution < 1.29 is 4.74 Å². The van der Waals surface area contributed by atoms with Crippen molar-refractivity contribution in [3.63, 3.8) is 0 Å². The monoisotopic (exact) mass is 911 g/mol. The van der Waals surface area contributed by atoms with Gasteiger partial charge < -0.3 is 18.8 Å². The van der Waals surface area contributed by atoms with E-state index in [0.717, 1.165) is 110 Å². The first-order chi connectivity index (χ1) is 34.6. The standard InChI is InChI=1S/C61H33N7OS/c62-33-36-22-26-49-42(29-36)43-30-37(34-63)23-27-50(43)66(49)38-24-25-44-55(32-38)69-54-19-9-18-53(68-51-16-5-7-20-56(51)70-57-21-8-6-17-52(57)68)58(54)61(44)45-13-10-28-64-59(45)60-46(61)31-39(35-65-60)67-47-14-3-1-11-40(47)41-12-2-4-15-48(41)67/h1-32,35H. The van der Waals surface area contributed by atoms with Gasteiger partial charge in [0.25, 0.3) is 0 Å². The van der Waals surface area contributed by atoms with E-state index in [2.05, 4.69) is 172 Å². The van der Waals surface area contributed by atoms with Crippen LogP contribution in [0.15, 0.2) is 210 Å². The number of hydrogen-bond acceptors (Lipinski definition) is 7. The van der Waals surface area contributed by atoms with E-state index in [1.165, 1.54) is 10.8 Å². The Labute approximate surface area is 405 Å². The van der Waals surface area contributed by atoms with Crippen LogP contribution >= 0.6 is 11.8 Å². The first kappa shape index (κ1) is 38.7. The molecule has 6 heterocycles. The number of para-hydroxylation sites is 4. The summed E-state index contributed by atoms with van der Waals surface area (Å²) in [4.78, 5) is 15.4. The third kappa shape index (κ3) is 5.08. The smallest absolute Gasteiger partial charge is 0.134 e. The average molecular weight is 912 g/mol. The number of rotatable bonds is 3. The molecule has 8 nitrogen and oxygen atoms in total. The molecule has 70 heavy (non-hydrogen) atoms. The van der Waals surface area contributed by atoms with Crippen molar-refractivity contribution in [1.82, 2.24) is 19.1 Å². The summed E-state index contributed by atoms with van der Waals surface area (Å²) in [6.45, 7) is 0. The summed E-state index contributed by atoms with van der Waals surface area (Å²) < 4.78 is 11.9. The van der Waals surface area contributed by atoms with E-state index in [0.29, 0.717) is 16.9 Å². The highest BCUT2D eigenvalue weighted by molar-refractivity contribution is 7.99. The van der Waals surface area contributed by atoms with Gasteiger partial charge in [0.15, 0.2) is 0 Å². The van der Waals surface area contributed by atoms with Crippen molar-refractivity contribution in [2.75, 3.05) is 4.90 Å². The molecule has 1 aliphatic carbocycles. The van der Waals surface area contributed by atoms with Crippen molar-refractivity contribution >= 4 is 72.4 Å². The van der Waals surface area contributed by atoms with Gasteiger partial charge in [-0.2, -0.15) is 10.5 Å². The molecule has 1 spiro atoms. The number of ether oxygens (including phenoxy) is 1. The molecule has 324 valence electrons. The molecule has 0 bridgehead atoms. The van der Waals surface area contributed by atoms with E-state index in [1.807, 2.05) is 54.9 Å². The number of hydrogen-bond donors (Lipinski definition) is 0. The zero-order valence-electron chi connectivity index (χ0n) is 37.0. The Morgan fingerprint density at radius 3 is 1.74 bits per heavy atom. The van der Waals surface area contributed by atoms with Gasteiger partial charge in [-0.05, 0) is 109 Å². The zero-order valence-corrected chi connectivity index (χ0v) is 37.8. The first-order valence-corrected chi connectivity index (χ1v) is 23.9. The van der Waals surface area contributed by atoms with Gasteiger partial charge in [-0.1, -0.05) is 90.6 Å². The van der Waals surface area contributed by atoms with Crippen molar-refractivity contribution in [1.29, 1.82) is 10.5 Å². The van der Waals surface area contributed by atoms with E-state index in [9.17, 15) is 10.5 Å². The van der Waals surface area contributed by atoms with Crippen LogP contribution in [0, 0.1) is 22.7 Å². The van der Waals surface area contributed by atoms with Crippen molar-refractivity contribution in [2.24, 2.45) is 0 Å². The van der Waals surface area contributed by atoms with Crippen LogP contribution in [0.2, 0.25) is 0 Å². The number of anilines is 3. The molecule has 0 saturated heterocycles. The highest BCUT2D eigenvalue weighted by Crippen LogP contribution is 2.65. The normalized spacial score (nSPS) is 14.9. The first-order valence-electron chi connectivity index (χ1n) is 23.1. The highest BCUT2D eigenvalue weighted by atomic mass is 32.2. The molecule has 0 radical (unpaired) electrons. The number of pyridine rings is 2. The van der Waals surface area contributed by atoms with Crippen molar-refractivity contribution in [3.05, 3.63) is 234 Å². The Bertz CT molecular complexity index is 4210. The van der Waals surface area contributed by atoms with Crippen LogP contribution < -0.4 is 9.64 Å². The van der Waals surface area contributed by atoms with Gasteiger partial charge in [-0.25, -0.2) is 0 Å². The van der Waals surface area contributed by atoms with Gasteiger partial charge in [0, 0.05) is 66.0 Å². The number of aromatic nitrogens is 4. The van der Waals surface area contributed by atoms with E-state index in [4.69, 9.17) is 14.7 Å². The predicted molar refractivity (Wildman–Crippen MR) is 276 cm³/mol. The number of nitrogens with zero attached hydrogens (tertiary/aromatic N) is 7. The van der Waals surface area contributed by atoms with Gasteiger partial charge in [-0.15, -0.1) is 0 Å².